The number of nitrogens with two attached hydrogens (primary N) is 2. The Labute approximate surface area is 295 Å². The summed E-state index contributed by atoms with van der Waals surface area (Å²) < 4.78 is 0. The highest BCUT2D eigenvalue weighted by atomic mass is 32.2. The summed E-state index contributed by atoms with van der Waals surface area (Å²) in [6, 6.07) is -3.24. The van der Waals surface area contributed by atoms with Gasteiger partial charge in [-0.15, -0.1) is 11.8 Å². The van der Waals surface area contributed by atoms with Crippen molar-refractivity contribution in [3.8, 4) is 0 Å². The fourth-order valence-corrected chi connectivity index (χ4v) is 6.45. The zero-order valence-electron chi connectivity index (χ0n) is 29.3. The van der Waals surface area contributed by atoms with Gasteiger partial charge in [-0.3, -0.25) is 43.5 Å². The normalized spacial score (nSPS) is 25.8. The molecule has 1 aromatic rings. The number of aliphatic imine (C=N–C) groups is 1. The molecule has 7 amide bonds. The maximum absolute atomic E-state index is 13.7. The van der Waals surface area contributed by atoms with Crippen molar-refractivity contribution >= 4 is 58.2 Å². The second kappa shape index (κ2) is 17.9. The Morgan fingerprint density at radius 2 is 1.40 bits per heavy atom. The van der Waals surface area contributed by atoms with E-state index in [0.29, 0.717) is 16.3 Å². The molecule has 274 valence electrons. The van der Waals surface area contributed by atoms with Crippen LogP contribution in [0.1, 0.15) is 72.1 Å². The maximum Gasteiger partial charge on any atom is 0.246 e. The van der Waals surface area contributed by atoms with Crippen LogP contribution in [0.3, 0.4) is 0 Å². The first-order chi connectivity index (χ1) is 23.5. The van der Waals surface area contributed by atoms with Crippen LogP contribution < -0.4 is 38.1 Å². The Kier molecular flexibility index (Phi) is 14.3. The molecule has 3 heterocycles. The molecular weight excluding hydrogens is 666 g/mol. The molecule has 4 bridgehead atoms. The zero-order chi connectivity index (χ0) is 37.3. The van der Waals surface area contributed by atoms with Gasteiger partial charge in [0.15, 0.2) is 0 Å². The third kappa shape index (κ3) is 11.2. The van der Waals surface area contributed by atoms with Crippen molar-refractivity contribution in [2.24, 2.45) is 34.2 Å². The molecule has 0 aromatic carbocycles. The number of carbonyl (C=O) groups excluding carboxylic acids is 7. The van der Waals surface area contributed by atoms with Gasteiger partial charge < -0.3 is 38.1 Å². The van der Waals surface area contributed by atoms with Crippen molar-refractivity contribution in [3.63, 3.8) is 0 Å². The Morgan fingerprint density at radius 1 is 0.820 bits per heavy atom. The molecule has 0 saturated heterocycles. The smallest absolute Gasteiger partial charge is 0.246 e. The fourth-order valence-electron chi connectivity index (χ4n) is 5.45. The summed E-state index contributed by atoms with van der Waals surface area (Å²) in [7, 11) is 0. The molecule has 9 N–H and O–H groups in total. The first kappa shape index (κ1) is 39.9. The van der Waals surface area contributed by atoms with Gasteiger partial charge in [-0.1, -0.05) is 41.5 Å². The Bertz CT molecular complexity index is 1500. The number of rotatable bonds is 8. The van der Waals surface area contributed by atoms with Gasteiger partial charge in [-0.2, -0.15) is 0 Å². The van der Waals surface area contributed by atoms with Crippen molar-refractivity contribution < 1.29 is 33.6 Å². The lowest BCUT2D eigenvalue weighted by Gasteiger charge is -2.30. The number of hydrogen-bond acceptors (Lipinski definition) is 10. The van der Waals surface area contributed by atoms with E-state index >= 15 is 0 Å². The van der Waals surface area contributed by atoms with E-state index in [1.807, 2.05) is 13.8 Å². The molecule has 2 aliphatic heterocycles. The number of aromatic nitrogens is 1. The van der Waals surface area contributed by atoms with E-state index in [4.69, 9.17) is 11.5 Å². The summed E-state index contributed by atoms with van der Waals surface area (Å²) in [5, 5.41) is 13.9. The standard InChI is InChI=1S/C33H49N9O7S/c1-15(2)11-21-29(46)41-26(17(5)6)32(49)42-25(16(3)4)31(48)38-20(27(35)44)12-18-9-10-36-22(13-18)33-40-23(14-50-33)30(47)37-19(28(45)39-21)7-8-24(34)43/h9-10,13,15-17,19-21,23,25-26H,7-8,11-12,14H2,1-6H3,(H2,34,43)(H2,35,44)(H,37,47)(H,38,48)(H,39,45)(H,41,46)(H,42,49)/t19-,20-,21-,23-,25-,26-/m0/s1. The van der Waals surface area contributed by atoms with Crippen molar-refractivity contribution in [1.29, 1.82) is 0 Å². The lowest BCUT2D eigenvalue weighted by Crippen LogP contribution is -2.61. The van der Waals surface area contributed by atoms with Gasteiger partial charge in [0, 0.05) is 24.8 Å². The second-order valence-corrected chi connectivity index (χ2v) is 14.7. The number of nitrogens with one attached hydrogen (secondary N) is 5. The molecule has 16 nitrogen and oxygen atoms in total. The third-order valence-corrected chi connectivity index (χ3v) is 9.31. The molecule has 17 heteroatoms. The van der Waals surface area contributed by atoms with Crippen molar-refractivity contribution in [2.45, 2.75) is 103 Å². The van der Waals surface area contributed by atoms with Gasteiger partial charge in [0.25, 0.3) is 0 Å². The molecule has 3 rings (SSSR count). The fraction of sp³-hybridized carbons (Fsp3) is 0.606. The SMILES string of the molecule is CC(C)C[C@@H]1NC(=O)[C@H](CCC(N)=O)NC(=O)[C@@H]2CSC(=N2)c2cc(ccn2)C[C@@H](C(N)=O)NC(=O)[C@H](C(C)C)NC(=O)[C@H](C(C)C)NC1=O. The monoisotopic (exact) mass is 715 g/mol. The molecule has 0 unspecified atom stereocenters. The van der Waals surface area contributed by atoms with Gasteiger partial charge in [-0.05, 0) is 48.3 Å². The molecule has 6 atom stereocenters. The Morgan fingerprint density at radius 3 is 1.98 bits per heavy atom. The molecule has 0 aliphatic carbocycles. The van der Waals surface area contributed by atoms with Gasteiger partial charge >= 0.3 is 0 Å². The highest BCUT2D eigenvalue weighted by Crippen LogP contribution is 2.24. The van der Waals surface area contributed by atoms with Crippen molar-refractivity contribution in [2.75, 3.05) is 5.75 Å². The van der Waals surface area contributed by atoms with E-state index in [0.717, 1.165) is 0 Å². The molecule has 0 radical (unpaired) electrons. The van der Waals surface area contributed by atoms with E-state index in [1.165, 1.54) is 18.0 Å². The molecule has 0 saturated carbocycles. The lowest BCUT2D eigenvalue weighted by molar-refractivity contribution is -0.136. The number of pyridine rings is 1. The summed E-state index contributed by atoms with van der Waals surface area (Å²) in [6.45, 7) is 10.6. The average Bonchev–Trinajstić information content (AvgIpc) is 3.53. The van der Waals surface area contributed by atoms with Gasteiger partial charge in [0.2, 0.25) is 41.4 Å². The zero-order valence-corrected chi connectivity index (χ0v) is 30.1. The summed E-state index contributed by atoms with van der Waals surface area (Å²) in [5.74, 6) is -5.38. The van der Waals surface area contributed by atoms with Crippen LogP contribution in [0.2, 0.25) is 0 Å². The number of carbonyl (C=O) groups is 7. The van der Waals surface area contributed by atoms with Crippen LogP contribution in [0.15, 0.2) is 23.3 Å². The minimum atomic E-state index is -1.22. The van der Waals surface area contributed by atoms with Crippen LogP contribution in [0, 0.1) is 17.8 Å². The van der Waals surface area contributed by atoms with Crippen LogP contribution >= 0.6 is 11.8 Å². The Balaban J connectivity index is 2.07. The van der Waals surface area contributed by atoms with E-state index < -0.39 is 89.4 Å². The summed E-state index contributed by atoms with van der Waals surface area (Å²) >= 11 is 1.27. The third-order valence-electron chi connectivity index (χ3n) is 8.24. The number of nitrogens with zero attached hydrogens (tertiary/aromatic N) is 2. The van der Waals surface area contributed by atoms with E-state index in [-0.39, 0.29) is 37.4 Å². The quantitative estimate of drug-likeness (QED) is 0.175. The topological polar surface area (TPSA) is 257 Å². The molecule has 1 aromatic heterocycles. The Hall–Kier alpha value is -4.54. The van der Waals surface area contributed by atoms with Crippen molar-refractivity contribution in [3.05, 3.63) is 29.6 Å². The number of amides is 7. The number of thioether (sulfide) groups is 1. The first-order valence-corrected chi connectivity index (χ1v) is 17.7. The minimum Gasteiger partial charge on any atom is -0.370 e. The highest BCUT2D eigenvalue weighted by molar-refractivity contribution is 8.14. The molecule has 0 fully saturated rings. The van der Waals surface area contributed by atoms with Crippen LogP contribution in [-0.4, -0.2) is 93.4 Å². The minimum absolute atomic E-state index is 0.00971. The molecule has 2 aliphatic rings. The van der Waals surface area contributed by atoms with Crippen LogP contribution in [0.5, 0.6) is 0 Å². The van der Waals surface area contributed by atoms with Crippen LogP contribution in [0.4, 0.5) is 0 Å². The summed E-state index contributed by atoms with van der Waals surface area (Å²) in [6.07, 6.45) is 1.37. The summed E-state index contributed by atoms with van der Waals surface area (Å²) in [5.41, 5.74) is 12.1. The lowest BCUT2D eigenvalue weighted by atomic mass is 9.97. The van der Waals surface area contributed by atoms with Gasteiger partial charge in [-0.25, -0.2) is 0 Å². The number of primary amides is 2. The van der Waals surface area contributed by atoms with E-state index in [9.17, 15) is 33.6 Å². The predicted molar refractivity (Wildman–Crippen MR) is 187 cm³/mol. The molecule has 50 heavy (non-hydrogen) atoms. The molecule has 0 spiro atoms. The maximum atomic E-state index is 13.7. The van der Waals surface area contributed by atoms with Crippen LogP contribution in [-0.2, 0) is 40.0 Å². The van der Waals surface area contributed by atoms with E-state index in [2.05, 4.69) is 36.6 Å². The number of fused-ring (bicyclic) bond motifs is 4. The number of hydrogen-bond donors (Lipinski definition) is 7. The van der Waals surface area contributed by atoms with Crippen LogP contribution in [0.25, 0.3) is 0 Å². The highest BCUT2D eigenvalue weighted by Gasteiger charge is 2.36. The average molecular weight is 716 g/mol. The predicted octanol–water partition coefficient (Wildman–Crippen LogP) is -0.967. The second-order valence-electron chi connectivity index (χ2n) is 13.7. The molecular formula is C33H49N9O7S. The van der Waals surface area contributed by atoms with Gasteiger partial charge in [0.1, 0.15) is 41.3 Å². The first-order valence-electron chi connectivity index (χ1n) is 16.7. The summed E-state index contributed by atoms with van der Waals surface area (Å²) in [4.78, 5) is 101. The van der Waals surface area contributed by atoms with Gasteiger partial charge in [0.05, 0.1) is 5.69 Å². The largest absolute Gasteiger partial charge is 0.370 e. The van der Waals surface area contributed by atoms with E-state index in [1.54, 1.807) is 39.8 Å². The van der Waals surface area contributed by atoms with Crippen molar-refractivity contribution in [1.82, 2.24) is 31.6 Å².